The van der Waals surface area contributed by atoms with Crippen molar-refractivity contribution < 1.29 is 4.79 Å². The molecule has 0 aliphatic rings. The number of hydrogen-bond acceptors (Lipinski definition) is 3. The predicted molar refractivity (Wildman–Crippen MR) is 96.8 cm³/mol. The third-order valence-electron chi connectivity index (χ3n) is 3.28. The summed E-state index contributed by atoms with van der Waals surface area (Å²) in [6.07, 6.45) is 0.471. The Morgan fingerprint density at radius 3 is 2.73 bits per heavy atom. The van der Waals surface area contributed by atoms with Crippen LogP contribution in [0.5, 0.6) is 0 Å². The molecule has 0 aliphatic carbocycles. The number of nitrogens with one attached hydrogen (secondary N) is 1. The van der Waals surface area contributed by atoms with Crippen molar-refractivity contribution in [2.75, 3.05) is 10.6 Å². The lowest BCUT2D eigenvalue weighted by molar-refractivity contribution is -0.115. The maximum absolute atomic E-state index is 11.6. The number of nitrogens with zero attached hydrogens (tertiary/aromatic N) is 1. The number of hydrogen-bond donors (Lipinski definition) is 1. The highest BCUT2D eigenvalue weighted by molar-refractivity contribution is 9.09. The zero-order chi connectivity index (χ0) is 15.5. The maximum atomic E-state index is 11.6. The van der Waals surface area contributed by atoms with Crippen LogP contribution >= 0.6 is 27.3 Å². The van der Waals surface area contributed by atoms with Crippen molar-refractivity contribution in [2.24, 2.45) is 0 Å². The molecule has 2 aromatic carbocycles. The third-order valence-corrected chi connectivity index (χ3v) is 4.74. The molecule has 1 N–H and O–H groups in total. The Hall–Kier alpha value is -1.72. The van der Waals surface area contributed by atoms with Gasteiger partial charge in [0, 0.05) is 23.0 Å². The standard InChI is InChI=1S/C17H15BrN2OS/c1-11-2-7-14-15(10-11)22-17(20-14)12-3-5-13(6-4-12)19-16(21)8-9-18/h2-7,10H,8-9H2,1H3,(H,19,21). The molecule has 0 spiro atoms. The van der Waals surface area contributed by atoms with Gasteiger partial charge in [0.1, 0.15) is 5.01 Å². The van der Waals surface area contributed by atoms with Gasteiger partial charge >= 0.3 is 0 Å². The van der Waals surface area contributed by atoms with Gasteiger partial charge in [-0.15, -0.1) is 11.3 Å². The smallest absolute Gasteiger partial charge is 0.225 e. The number of aryl methyl sites for hydroxylation is 1. The molecule has 1 heterocycles. The van der Waals surface area contributed by atoms with Crippen molar-refractivity contribution in [1.82, 2.24) is 4.98 Å². The topological polar surface area (TPSA) is 42.0 Å². The van der Waals surface area contributed by atoms with E-state index >= 15 is 0 Å². The van der Waals surface area contributed by atoms with Crippen LogP contribution in [0.1, 0.15) is 12.0 Å². The molecule has 1 aromatic heterocycles. The number of aromatic nitrogens is 1. The first-order valence-corrected chi connectivity index (χ1v) is 8.93. The lowest BCUT2D eigenvalue weighted by Crippen LogP contribution is -2.11. The molecule has 0 saturated carbocycles. The van der Waals surface area contributed by atoms with Crippen LogP contribution in [0.2, 0.25) is 0 Å². The molecule has 0 bridgehead atoms. The molecule has 1 amide bonds. The van der Waals surface area contributed by atoms with Gasteiger partial charge in [0.25, 0.3) is 0 Å². The first-order chi connectivity index (χ1) is 10.7. The van der Waals surface area contributed by atoms with E-state index in [2.05, 4.69) is 51.4 Å². The summed E-state index contributed by atoms with van der Waals surface area (Å²) in [7, 11) is 0. The van der Waals surface area contributed by atoms with Crippen molar-refractivity contribution in [1.29, 1.82) is 0 Å². The fourth-order valence-corrected chi connectivity index (χ4v) is 3.59. The Balaban J connectivity index is 1.83. The van der Waals surface area contributed by atoms with E-state index in [4.69, 9.17) is 0 Å². The molecule has 0 radical (unpaired) electrons. The van der Waals surface area contributed by atoms with Gasteiger partial charge in [-0.2, -0.15) is 0 Å². The minimum Gasteiger partial charge on any atom is -0.326 e. The van der Waals surface area contributed by atoms with Crippen LogP contribution in [-0.4, -0.2) is 16.2 Å². The van der Waals surface area contributed by atoms with Gasteiger partial charge in [0.05, 0.1) is 10.2 Å². The number of carbonyl (C=O) groups is 1. The summed E-state index contributed by atoms with van der Waals surface area (Å²) >= 11 is 4.95. The lowest BCUT2D eigenvalue weighted by atomic mass is 10.2. The summed E-state index contributed by atoms with van der Waals surface area (Å²) < 4.78 is 1.20. The minimum absolute atomic E-state index is 0.0140. The number of anilines is 1. The molecule has 0 saturated heterocycles. The van der Waals surface area contributed by atoms with Crippen LogP contribution in [0.3, 0.4) is 0 Å². The SMILES string of the molecule is Cc1ccc2nc(-c3ccc(NC(=O)CCBr)cc3)sc2c1. The van der Waals surface area contributed by atoms with Crippen LogP contribution < -0.4 is 5.32 Å². The van der Waals surface area contributed by atoms with E-state index in [1.54, 1.807) is 11.3 Å². The number of fused-ring (bicyclic) bond motifs is 1. The molecule has 3 aromatic rings. The summed E-state index contributed by atoms with van der Waals surface area (Å²) in [5.74, 6) is 0.0140. The fourth-order valence-electron chi connectivity index (χ4n) is 2.16. The van der Waals surface area contributed by atoms with Gasteiger partial charge in [-0.3, -0.25) is 4.79 Å². The highest BCUT2D eigenvalue weighted by Crippen LogP contribution is 2.31. The van der Waals surface area contributed by atoms with Crippen molar-refractivity contribution in [3.8, 4) is 10.6 Å². The number of carbonyl (C=O) groups excluding carboxylic acids is 1. The van der Waals surface area contributed by atoms with Crippen LogP contribution in [0.4, 0.5) is 5.69 Å². The highest BCUT2D eigenvalue weighted by atomic mass is 79.9. The Bertz CT molecular complexity index is 811. The van der Waals surface area contributed by atoms with Crippen LogP contribution in [-0.2, 0) is 4.79 Å². The molecule has 3 nitrogen and oxygen atoms in total. The zero-order valence-electron chi connectivity index (χ0n) is 12.1. The number of benzene rings is 2. The van der Waals surface area contributed by atoms with E-state index < -0.39 is 0 Å². The second-order valence-electron chi connectivity index (χ2n) is 5.05. The summed E-state index contributed by atoms with van der Waals surface area (Å²) in [5, 5.41) is 4.54. The van der Waals surface area contributed by atoms with Crippen molar-refractivity contribution >= 4 is 49.1 Å². The van der Waals surface area contributed by atoms with Crippen molar-refractivity contribution in [2.45, 2.75) is 13.3 Å². The van der Waals surface area contributed by atoms with E-state index in [9.17, 15) is 4.79 Å². The van der Waals surface area contributed by atoms with Gasteiger partial charge in [-0.1, -0.05) is 22.0 Å². The van der Waals surface area contributed by atoms with Gasteiger partial charge in [0.2, 0.25) is 5.91 Å². The predicted octanol–water partition coefficient (Wildman–Crippen LogP) is 5.00. The Kier molecular flexibility index (Phi) is 4.55. The quantitative estimate of drug-likeness (QED) is 0.653. The van der Waals surface area contributed by atoms with Gasteiger partial charge < -0.3 is 5.32 Å². The van der Waals surface area contributed by atoms with Crippen LogP contribution in [0, 0.1) is 6.92 Å². The Morgan fingerprint density at radius 2 is 2.00 bits per heavy atom. The number of halogens is 1. The minimum atomic E-state index is 0.0140. The summed E-state index contributed by atoms with van der Waals surface area (Å²) in [6, 6.07) is 14.1. The monoisotopic (exact) mass is 374 g/mol. The molecule has 3 rings (SSSR count). The largest absolute Gasteiger partial charge is 0.326 e. The normalized spacial score (nSPS) is 10.8. The molecule has 0 atom stereocenters. The third kappa shape index (κ3) is 3.36. The number of alkyl halides is 1. The first kappa shape index (κ1) is 15.2. The average Bonchev–Trinajstić information content (AvgIpc) is 2.91. The Morgan fingerprint density at radius 1 is 1.23 bits per heavy atom. The fraction of sp³-hybridized carbons (Fsp3) is 0.176. The molecular weight excluding hydrogens is 360 g/mol. The zero-order valence-corrected chi connectivity index (χ0v) is 14.5. The Labute approximate surface area is 141 Å². The van der Waals surface area contributed by atoms with E-state index in [-0.39, 0.29) is 5.91 Å². The van der Waals surface area contributed by atoms with Gasteiger partial charge in [-0.05, 0) is 48.9 Å². The molecule has 5 heteroatoms. The summed E-state index contributed by atoms with van der Waals surface area (Å²) in [4.78, 5) is 16.2. The van der Waals surface area contributed by atoms with Crippen LogP contribution in [0.25, 0.3) is 20.8 Å². The van der Waals surface area contributed by atoms with E-state index in [1.807, 2.05) is 24.3 Å². The summed E-state index contributed by atoms with van der Waals surface area (Å²) in [6.45, 7) is 2.09. The lowest BCUT2D eigenvalue weighted by Gasteiger charge is -2.04. The van der Waals surface area contributed by atoms with Gasteiger partial charge in [0.15, 0.2) is 0 Å². The highest BCUT2D eigenvalue weighted by Gasteiger charge is 2.07. The van der Waals surface area contributed by atoms with Crippen molar-refractivity contribution in [3.05, 3.63) is 48.0 Å². The van der Waals surface area contributed by atoms with Crippen LogP contribution in [0.15, 0.2) is 42.5 Å². The van der Waals surface area contributed by atoms with Crippen molar-refractivity contribution in [3.63, 3.8) is 0 Å². The molecule has 22 heavy (non-hydrogen) atoms. The number of amides is 1. The molecule has 0 fully saturated rings. The number of thiazole rings is 1. The van der Waals surface area contributed by atoms with Gasteiger partial charge in [-0.25, -0.2) is 4.98 Å². The van der Waals surface area contributed by atoms with E-state index in [0.717, 1.165) is 21.8 Å². The molecular formula is C17H15BrN2OS. The first-order valence-electron chi connectivity index (χ1n) is 6.99. The maximum Gasteiger partial charge on any atom is 0.225 e. The van der Waals surface area contributed by atoms with E-state index in [0.29, 0.717) is 11.8 Å². The van der Waals surface area contributed by atoms with E-state index in [1.165, 1.54) is 10.3 Å². The summed E-state index contributed by atoms with van der Waals surface area (Å²) in [5.41, 5.74) is 4.15. The second-order valence-corrected chi connectivity index (χ2v) is 6.88. The molecule has 112 valence electrons. The second kappa shape index (κ2) is 6.58. The molecule has 0 aliphatic heterocycles. The average molecular weight is 375 g/mol. The molecule has 0 unspecified atom stereocenters. The number of rotatable bonds is 4.